The lowest BCUT2D eigenvalue weighted by atomic mass is 10.1. The van der Waals surface area contributed by atoms with E-state index in [-0.39, 0.29) is 18.6 Å². The van der Waals surface area contributed by atoms with E-state index in [4.69, 9.17) is 4.74 Å². The van der Waals surface area contributed by atoms with Gasteiger partial charge in [-0.3, -0.25) is 4.79 Å². The van der Waals surface area contributed by atoms with Gasteiger partial charge >= 0.3 is 0 Å². The topological polar surface area (TPSA) is 58.6 Å². The molecule has 2 atom stereocenters. The molecule has 110 valence electrons. The molecule has 1 aliphatic rings. The molecule has 0 bridgehead atoms. The van der Waals surface area contributed by atoms with Gasteiger partial charge in [0.1, 0.15) is 5.75 Å². The maximum absolute atomic E-state index is 11.9. The molecule has 1 aliphatic carbocycles. The molecule has 20 heavy (non-hydrogen) atoms. The Kier molecular flexibility index (Phi) is 5.41. The second kappa shape index (κ2) is 7.29. The second-order valence-corrected chi connectivity index (χ2v) is 5.48. The number of rotatable bonds is 4. The number of carbonyl (C=O) groups excluding carboxylic acids is 1. The normalized spacial score (nSPS) is 22.9. The summed E-state index contributed by atoms with van der Waals surface area (Å²) in [5.74, 6) is 0.517. The van der Waals surface area contributed by atoms with E-state index >= 15 is 0 Å². The highest BCUT2D eigenvalue weighted by atomic mass is 16.5. The number of nitrogens with one attached hydrogen (secondary N) is 1. The van der Waals surface area contributed by atoms with E-state index in [1.165, 1.54) is 0 Å². The minimum atomic E-state index is -0.430. The Balaban J connectivity index is 1.78. The van der Waals surface area contributed by atoms with Crippen LogP contribution < -0.4 is 10.1 Å². The fourth-order valence-corrected chi connectivity index (χ4v) is 2.49. The molecule has 0 saturated heterocycles. The highest BCUT2D eigenvalue weighted by Crippen LogP contribution is 2.18. The first kappa shape index (κ1) is 14.9. The molecule has 4 heteroatoms. The quantitative estimate of drug-likeness (QED) is 0.829. The van der Waals surface area contributed by atoms with Crippen molar-refractivity contribution in [3.8, 4) is 5.75 Å². The van der Waals surface area contributed by atoms with Crippen molar-refractivity contribution in [2.24, 2.45) is 0 Å². The largest absolute Gasteiger partial charge is 0.484 e. The monoisotopic (exact) mass is 277 g/mol. The molecule has 0 radical (unpaired) electrons. The van der Waals surface area contributed by atoms with Crippen LogP contribution >= 0.6 is 0 Å². The predicted octanol–water partition coefficient (Wildman–Crippen LogP) is 2.18. The van der Waals surface area contributed by atoms with Gasteiger partial charge in [0.2, 0.25) is 0 Å². The van der Waals surface area contributed by atoms with Gasteiger partial charge in [-0.2, -0.15) is 0 Å². The van der Waals surface area contributed by atoms with Gasteiger partial charge in [0.15, 0.2) is 6.61 Å². The number of aryl methyl sites for hydroxylation is 1. The van der Waals surface area contributed by atoms with Crippen molar-refractivity contribution in [3.63, 3.8) is 0 Å². The molecule has 1 aromatic rings. The third-order valence-corrected chi connectivity index (χ3v) is 3.72. The lowest BCUT2D eigenvalue weighted by Crippen LogP contribution is -2.44. The first-order valence-corrected chi connectivity index (χ1v) is 7.32. The number of benzene rings is 1. The van der Waals surface area contributed by atoms with Crippen molar-refractivity contribution in [1.82, 2.24) is 5.32 Å². The molecule has 2 rings (SSSR count). The van der Waals surface area contributed by atoms with Gasteiger partial charge in [-0.15, -0.1) is 0 Å². The average Bonchev–Trinajstić information content (AvgIpc) is 2.64. The summed E-state index contributed by atoms with van der Waals surface area (Å²) in [6.45, 7) is 2.00. The SMILES string of the molecule is Cc1ccc(OCC(=O)NC2CCCCCC2O)cc1. The molecule has 0 aliphatic heterocycles. The number of aliphatic hydroxyl groups is 1. The Hall–Kier alpha value is -1.55. The van der Waals surface area contributed by atoms with Crippen molar-refractivity contribution < 1.29 is 14.6 Å². The molecular formula is C16H23NO3. The number of amides is 1. The zero-order chi connectivity index (χ0) is 14.4. The van der Waals surface area contributed by atoms with E-state index in [0.29, 0.717) is 5.75 Å². The van der Waals surface area contributed by atoms with Crippen molar-refractivity contribution in [2.45, 2.75) is 51.2 Å². The van der Waals surface area contributed by atoms with Crippen LogP contribution in [0.2, 0.25) is 0 Å². The van der Waals surface area contributed by atoms with Crippen LogP contribution in [0, 0.1) is 6.92 Å². The summed E-state index contributed by atoms with van der Waals surface area (Å²) in [5, 5.41) is 12.8. The fraction of sp³-hybridized carbons (Fsp3) is 0.562. The standard InChI is InChI=1S/C16H23NO3/c1-12-7-9-13(10-8-12)20-11-16(19)17-14-5-3-2-4-6-15(14)18/h7-10,14-15,18H,2-6,11H2,1H3,(H,17,19). The highest BCUT2D eigenvalue weighted by molar-refractivity contribution is 5.77. The van der Waals surface area contributed by atoms with Crippen LogP contribution in [0.15, 0.2) is 24.3 Å². The molecule has 1 aromatic carbocycles. The first-order valence-electron chi connectivity index (χ1n) is 7.32. The van der Waals surface area contributed by atoms with E-state index in [2.05, 4.69) is 5.32 Å². The van der Waals surface area contributed by atoms with Crippen molar-refractivity contribution in [3.05, 3.63) is 29.8 Å². The van der Waals surface area contributed by atoms with Crippen molar-refractivity contribution in [1.29, 1.82) is 0 Å². The Bertz CT molecular complexity index is 430. The number of hydrogen-bond donors (Lipinski definition) is 2. The van der Waals surface area contributed by atoms with E-state index in [9.17, 15) is 9.90 Å². The smallest absolute Gasteiger partial charge is 0.258 e. The molecule has 1 amide bonds. The molecular weight excluding hydrogens is 254 g/mol. The average molecular weight is 277 g/mol. The Labute approximate surface area is 120 Å². The van der Waals surface area contributed by atoms with Gasteiger partial charge in [0.25, 0.3) is 5.91 Å². The maximum Gasteiger partial charge on any atom is 0.258 e. The summed E-state index contributed by atoms with van der Waals surface area (Å²) in [5.41, 5.74) is 1.16. The van der Waals surface area contributed by atoms with E-state index in [1.807, 2.05) is 31.2 Å². The van der Waals surface area contributed by atoms with Gasteiger partial charge in [-0.05, 0) is 31.9 Å². The third kappa shape index (κ3) is 4.53. The van der Waals surface area contributed by atoms with Crippen LogP contribution in [0.4, 0.5) is 0 Å². The van der Waals surface area contributed by atoms with Gasteiger partial charge in [0, 0.05) is 0 Å². The number of aliphatic hydroxyl groups excluding tert-OH is 1. The first-order chi connectivity index (χ1) is 9.65. The minimum absolute atomic E-state index is 0.00766. The molecule has 0 spiro atoms. The highest BCUT2D eigenvalue weighted by Gasteiger charge is 2.23. The Morgan fingerprint density at radius 1 is 1.25 bits per heavy atom. The van der Waals surface area contributed by atoms with Crippen LogP contribution in [0.3, 0.4) is 0 Å². The molecule has 2 N–H and O–H groups in total. The van der Waals surface area contributed by atoms with Gasteiger partial charge in [-0.25, -0.2) is 0 Å². The van der Waals surface area contributed by atoms with E-state index in [1.54, 1.807) is 0 Å². The van der Waals surface area contributed by atoms with Gasteiger partial charge in [0.05, 0.1) is 12.1 Å². The van der Waals surface area contributed by atoms with Crippen molar-refractivity contribution in [2.75, 3.05) is 6.61 Å². The van der Waals surface area contributed by atoms with Gasteiger partial charge in [-0.1, -0.05) is 37.0 Å². The summed E-state index contributed by atoms with van der Waals surface area (Å²) < 4.78 is 5.44. The number of carbonyl (C=O) groups is 1. The molecule has 0 aromatic heterocycles. The summed E-state index contributed by atoms with van der Waals surface area (Å²) in [6, 6.07) is 7.46. The lowest BCUT2D eigenvalue weighted by molar-refractivity contribution is -0.124. The van der Waals surface area contributed by atoms with Gasteiger partial charge < -0.3 is 15.2 Å². The summed E-state index contributed by atoms with van der Waals surface area (Å²) in [4.78, 5) is 11.9. The van der Waals surface area contributed by atoms with E-state index < -0.39 is 6.10 Å². The molecule has 0 heterocycles. The van der Waals surface area contributed by atoms with Crippen LogP contribution in [0.25, 0.3) is 0 Å². The Morgan fingerprint density at radius 3 is 2.70 bits per heavy atom. The molecule has 4 nitrogen and oxygen atoms in total. The Morgan fingerprint density at radius 2 is 1.95 bits per heavy atom. The van der Waals surface area contributed by atoms with Crippen molar-refractivity contribution >= 4 is 5.91 Å². The maximum atomic E-state index is 11.9. The predicted molar refractivity (Wildman–Crippen MR) is 77.7 cm³/mol. The number of ether oxygens (including phenoxy) is 1. The summed E-state index contributed by atoms with van der Waals surface area (Å²) >= 11 is 0. The van der Waals surface area contributed by atoms with E-state index in [0.717, 1.165) is 37.7 Å². The van der Waals surface area contributed by atoms with Crippen LogP contribution in [0.5, 0.6) is 5.75 Å². The summed E-state index contributed by atoms with van der Waals surface area (Å²) in [6.07, 6.45) is 4.40. The molecule has 1 saturated carbocycles. The van der Waals surface area contributed by atoms with Crippen LogP contribution in [-0.4, -0.2) is 29.8 Å². The number of hydrogen-bond acceptors (Lipinski definition) is 3. The zero-order valence-electron chi connectivity index (χ0n) is 12.0. The molecule has 2 unspecified atom stereocenters. The van der Waals surface area contributed by atoms with Crippen LogP contribution in [0.1, 0.15) is 37.7 Å². The summed E-state index contributed by atoms with van der Waals surface area (Å²) in [7, 11) is 0. The van der Waals surface area contributed by atoms with Crippen LogP contribution in [-0.2, 0) is 4.79 Å². The minimum Gasteiger partial charge on any atom is -0.484 e. The second-order valence-electron chi connectivity index (χ2n) is 5.48. The molecule has 1 fully saturated rings. The fourth-order valence-electron chi connectivity index (χ4n) is 2.49. The third-order valence-electron chi connectivity index (χ3n) is 3.72. The lowest BCUT2D eigenvalue weighted by Gasteiger charge is -2.21. The zero-order valence-corrected chi connectivity index (χ0v) is 12.0.